The highest BCUT2D eigenvalue weighted by Gasteiger charge is 2.11. The average Bonchev–Trinajstić information content (AvgIpc) is 2.97. The number of amides is 1. The van der Waals surface area contributed by atoms with Crippen LogP contribution in [-0.4, -0.2) is 25.6 Å². The van der Waals surface area contributed by atoms with Crippen molar-refractivity contribution in [3.05, 3.63) is 51.7 Å². The van der Waals surface area contributed by atoms with Crippen molar-refractivity contribution in [3.8, 4) is 5.75 Å². The van der Waals surface area contributed by atoms with Crippen LogP contribution in [0.2, 0.25) is 0 Å². The molecular formula is C16H17NO4S. The van der Waals surface area contributed by atoms with Crippen molar-refractivity contribution in [1.82, 2.24) is 5.32 Å². The first-order chi connectivity index (χ1) is 10.6. The maximum Gasteiger partial charge on any atom is 0.348 e. The molecule has 1 N–H and O–H groups in total. The predicted octanol–water partition coefficient (Wildman–Crippen LogP) is 2.54. The number of thiophene rings is 1. The standard InChI is InChI=1S/C16H17NO4S/c1-11-3-8-14(22-11)16(19)21-10-15(18)17-9-12-4-6-13(20-2)7-5-12/h3-8H,9-10H2,1-2H3,(H,17,18). The lowest BCUT2D eigenvalue weighted by Crippen LogP contribution is -2.28. The van der Waals surface area contributed by atoms with Crippen molar-refractivity contribution in [2.45, 2.75) is 13.5 Å². The molecule has 0 atom stereocenters. The number of benzene rings is 1. The Morgan fingerprint density at radius 2 is 1.86 bits per heavy atom. The second-order valence-electron chi connectivity index (χ2n) is 4.61. The van der Waals surface area contributed by atoms with Crippen LogP contribution in [0.5, 0.6) is 5.75 Å². The van der Waals surface area contributed by atoms with Gasteiger partial charge in [0.1, 0.15) is 10.6 Å². The number of nitrogens with one attached hydrogen (secondary N) is 1. The summed E-state index contributed by atoms with van der Waals surface area (Å²) in [4.78, 5) is 24.9. The topological polar surface area (TPSA) is 64.6 Å². The number of rotatable bonds is 6. The van der Waals surface area contributed by atoms with Crippen LogP contribution >= 0.6 is 11.3 Å². The normalized spacial score (nSPS) is 10.1. The van der Waals surface area contributed by atoms with E-state index in [-0.39, 0.29) is 12.5 Å². The van der Waals surface area contributed by atoms with Gasteiger partial charge in [-0.05, 0) is 36.8 Å². The highest BCUT2D eigenvalue weighted by atomic mass is 32.1. The molecule has 0 aliphatic carbocycles. The number of ether oxygens (including phenoxy) is 2. The number of carbonyl (C=O) groups excluding carboxylic acids is 2. The molecule has 0 fully saturated rings. The van der Waals surface area contributed by atoms with Gasteiger partial charge < -0.3 is 14.8 Å². The third kappa shape index (κ3) is 4.60. The summed E-state index contributed by atoms with van der Waals surface area (Å²) in [5, 5.41) is 2.69. The fourth-order valence-corrected chi connectivity index (χ4v) is 2.50. The fraction of sp³-hybridized carbons (Fsp3) is 0.250. The Bertz CT molecular complexity index is 648. The lowest BCUT2D eigenvalue weighted by molar-refractivity contribution is -0.124. The van der Waals surface area contributed by atoms with Crippen molar-refractivity contribution < 1.29 is 19.1 Å². The molecule has 22 heavy (non-hydrogen) atoms. The SMILES string of the molecule is COc1ccc(CNC(=O)COC(=O)c2ccc(C)s2)cc1. The Morgan fingerprint density at radius 1 is 1.14 bits per heavy atom. The van der Waals surface area contributed by atoms with E-state index < -0.39 is 5.97 Å². The number of hydrogen-bond acceptors (Lipinski definition) is 5. The fourth-order valence-electron chi connectivity index (χ4n) is 1.74. The monoisotopic (exact) mass is 319 g/mol. The van der Waals surface area contributed by atoms with Gasteiger partial charge in [-0.15, -0.1) is 11.3 Å². The van der Waals surface area contributed by atoms with Crippen LogP contribution in [0.25, 0.3) is 0 Å². The molecule has 2 rings (SSSR count). The van der Waals surface area contributed by atoms with E-state index in [1.165, 1.54) is 11.3 Å². The molecule has 1 heterocycles. The summed E-state index contributed by atoms with van der Waals surface area (Å²) in [6.45, 7) is 1.99. The van der Waals surface area contributed by atoms with Gasteiger partial charge in [0.15, 0.2) is 6.61 Å². The van der Waals surface area contributed by atoms with Crippen LogP contribution < -0.4 is 10.1 Å². The lowest BCUT2D eigenvalue weighted by Gasteiger charge is -2.07. The zero-order chi connectivity index (χ0) is 15.9. The van der Waals surface area contributed by atoms with Gasteiger partial charge in [-0.2, -0.15) is 0 Å². The van der Waals surface area contributed by atoms with Crippen molar-refractivity contribution in [3.63, 3.8) is 0 Å². The molecule has 0 saturated carbocycles. The largest absolute Gasteiger partial charge is 0.497 e. The molecule has 2 aromatic rings. The molecule has 116 valence electrons. The van der Waals surface area contributed by atoms with Crippen molar-refractivity contribution in [1.29, 1.82) is 0 Å². The number of methoxy groups -OCH3 is 1. The van der Waals surface area contributed by atoms with Crippen LogP contribution in [0.1, 0.15) is 20.1 Å². The second kappa shape index (κ2) is 7.61. The quantitative estimate of drug-likeness (QED) is 0.831. The molecule has 1 amide bonds. The molecule has 0 saturated heterocycles. The molecule has 0 unspecified atom stereocenters. The summed E-state index contributed by atoms with van der Waals surface area (Å²) in [6, 6.07) is 10.9. The van der Waals surface area contributed by atoms with Gasteiger partial charge >= 0.3 is 5.97 Å². The van der Waals surface area contributed by atoms with Gasteiger partial charge in [0.05, 0.1) is 7.11 Å². The van der Waals surface area contributed by atoms with Crippen molar-refractivity contribution in [2.75, 3.05) is 13.7 Å². The minimum atomic E-state index is -0.474. The van der Waals surface area contributed by atoms with Crippen LogP contribution in [-0.2, 0) is 16.1 Å². The molecule has 6 heteroatoms. The number of aryl methyl sites for hydroxylation is 1. The Hall–Kier alpha value is -2.34. The molecule has 0 spiro atoms. The number of carbonyl (C=O) groups is 2. The minimum absolute atomic E-state index is 0.286. The molecule has 5 nitrogen and oxygen atoms in total. The highest BCUT2D eigenvalue weighted by molar-refractivity contribution is 7.13. The molecule has 1 aromatic heterocycles. The van der Waals surface area contributed by atoms with E-state index in [1.54, 1.807) is 13.2 Å². The van der Waals surface area contributed by atoms with Crippen molar-refractivity contribution in [2.24, 2.45) is 0 Å². The zero-order valence-electron chi connectivity index (χ0n) is 12.4. The predicted molar refractivity (Wildman–Crippen MR) is 84.2 cm³/mol. The smallest absolute Gasteiger partial charge is 0.348 e. The van der Waals surface area contributed by atoms with E-state index in [2.05, 4.69) is 5.32 Å². The van der Waals surface area contributed by atoms with Gasteiger partial charge in [-0.1, -0.05) is 12.1 Å². The Morgan fingerprint density at radius 3 is 2.45 bits per heavy atom. The molecular weight excluding hydrogens is 302 g/mol. The lowest BCUT2D eigenvalue weighted by atomic mass is 10.2. The van der Waals surface area contributed by atoms with E-state index >= 15 is 0 Å². The third-order valence-electron chi connectivity index (χ3n) is 2.92. The maximum absolute atomic E-state index is 11.7. The summed E-state index contributed by atoms with van der Waals surface area (Å²) in [6.07, 6.45) is 0. The highest BCUT2D eigenvalue weighted by Crippen LogP contribution is 2.15. The van der Waals surface area contributed by atoms with E-state index in [0.29, 0.717) is 11.4 Å². The van der Waals surface area contributed by atoms with Gasteiger partial charge in [0, 0.05) is 11.4 Å². The average molecular weight is 319 g/mol. The Kier molecular flexibility index (Phi) is 5.55. The van der Waals surface area contributed by atoms with Gasteiger partial charge in [-0.3, -0.25) is 4.79 Å². The first-order valence-electron chi connectivity index (χ1n) is 6.71. The van der Waals surface area contributed by atoms with Crippen molar-refractivity contribution >= 4 is 23.2 Å². The van der Waals surface area contributed by atoms with Gasteiger partial charge in [-0.25, -0.2) is 4.79 Å². The van der Waals surface area contributed by atoms with E-state index in [4.69, 9.17) is 9.47 Å². The number of esters is 1. The number of hydrogen-bond donors (Lipinski definition) is 1. The van der Waals surface area contributed by atoms with E-state index in [0.717, 1.165) is 16.2 Å². The van der Waals surface area contributed by atoms with Gasteiger partial charge in [0.2, 0.25) is 0 Å². The molecule has 1 aromatic carbocycles. The molecule has 0 aliphatic heterocycles. The summed E-state index contributed by atoms with van der Waals surface area (Å²) in [5.41, 5.74) is 0.939. The maximum atomic E-state index is 11.7. The first-order valence-corrected chi connectivity index (χ1v) is 7.53. The summed E-state index contributed by atoms with van der Waals surface area (Å²) < 4.78 is 10.0. The summed E-state index contributed by atoms with van der Waals surface area (Å²) in [5.74, 6) is -0.0506. The summed E-state index contributed by atoms with van der Waals surface area (Å²) in [7, 11) is 1.60. The van der Waals surface area contributed by atoms with E-state index in [1.807, 2.05) is 37.3 Å². The first kappa shape index (κ1) is 16.0. The second-order valence-corrected chi connectivity index (χ2v) is 5.90. The summed E-state index contributed by atoms with van der Waals surface area (Å²) >= 11 is 1.34. The van der Waals surface area contributed by atoms with Crippen LogP contribution in [0.4, 0.5) is 0 Å². The molecule has 0 radical (unpaired) electrons. The Labute approximate surface area is 132 Å². The van der Waals surface area contributed by atoms with E-state index in [9.17, 15) is 9.59 Å². The minimum Gasteiger partial charge on any atom is -0.497 e. The third-order valence-corrected chi connectivity index (χ3v) is 3.91. The van der Waals surface area contributed by atoms with Crippen LogP contribution in [0, 0.1) is 6.92 Å². The Balaban J connectivity index is 1.74. The molecule has 0 bridgehead atoms. The van der Waals surface area contributed by atoms with Crippen LogP contribution in [0.15, 0.2) is 36.4 Å². The van der Waals surface area contributed by atoms with Gasteiger partial charge in [0.25, 0.3) is 5.91 Å². The zero-order valence-corrected chi connectivity index (χ0v) is 13.2. The molecule has 0 aliphatic rings. The van der Waals surface area contributed by atoms with Crippen LogP contribution in [0.3, 0.4) is 0 Å².